The third-order valence-electron chi connectivity index (χ3n) is 5.88. The number of nitrogens with zero attached hydrogens (tertiary/aromatic N) is 5. The number of aliphatic hydroxyl groups excluding tert-OH is 1. The number of aromatic nitrogens is 6. The van der Waals surface area contributed by atoms with Gasteiger partial charge in [0.2, 0.25) is 0 Å². The summed E-state index contributed by atoms with van der Waals surface area (Å²) < 4.78 is 22.6. The van der Waals surface area contributed by atoms with Crippen LogP contribution in [0, 0.1) is 12.7 Å². The third-order valence-corrected chi connectivity index (χ3v) is 6.24. The van der Waals surface area contributed by atoms with Gasteiger partial charge in [0, 0.05) is 11.8 Å². The lowest BCUT2D eigenvalue weighted by Gasteiger charge is -2.31. The first-order valence-corrected chi connectivity index (χ1v) is 10.8. The van der Waals surface area contributed by atoms with Gasteiger partial charge in [0.1, 0.15) is 27.6 Å². The van der Waals surface area contributed by atoms with Crippen molar-refractivity contribution in [3.8, 4) is 22.8 Å². The number of aryl methyl sites for hydroxylation is 1. The number of fused-ring (bicyclic) bond motifs is 2. The predicted molar refractivity (Wildman–Crippen MR) is 121 cm³/mol. The number of aliphatic hydroxyl groups is 1. The number of halogens is 2. The quantitative estimate of drug-likeness (QED) is 0.390. The highest BCUT2D eigenvalue weighted by atomic mass is 35.5. The van der Waals surface area contributed by atoms with Gasteiger partial charge in [0.05, 0.1) is 41.3 Å². The van der Waals surface area contributed by atoms with E-state index in [2.05, 4.69) is 25.0 Å². The summed E-state index contributed by atoms with van der Waals surface area (Å²) in [6, 6.07) is 6.76. The molecule has 6 rings (SSSR count). The first-order valence-electron chi connectivity index (χ1n) is 10.5. The molecule has 33 heavy (non-hydrogen) atoms. The van der Waals surface area contributed by atoms with E-state index in [0.29, 0.717) is 40.9 Å². The van der Waals surface area contributed by atoms with E-state index in [1.54, 1.807) is 37.5 Å². The van der Waals surface area contributed by atoms with Gasteiger partial charge in [-0.3, -0.25) is 9.67 Å². The second-order valence-corrected chi connectivity index (χ2v) is 8.56. The molecule has 0 radical (unpaired) electrons. The molecule has 0 spiro atoms. The Morgan fingerprint density at radius 2 is 1.91 bits per heavy atom. The maximum atomic E-state index is 14.9. The van der Waals surface area contributed by atoms with E-state index in [1.165, 1.54) is 6.07 Å². The average molecular weight is 465 g/mol. The van der Waals surface area contributed by atoms with Crippen molar-refractivity contribution < 1.29 is 14.2 Å². The van der Waals surface area contributed by atoms with Crippen molar-refractivity contribution in [1.82, 2.24) is 29.7 Å². The number of rotatable bonds is 4. The van der Waals surface area contributed by atoms with Gasteiger partial charge in [0.15, 0.2) is 11.6 Å². The van der Waals surface area contributed by atoms with Crippen LogP contribution in [0.3, 0.4) is 0 Å². The van der Waals surface area contributed by atoms with Crippen LogP contribution in [0.5, 0.6) is 11.5 Å². The van der Waals surface area contributed by atoms with Crippen LogP contribution in [-0.4, -0.2) is 40.9 Å². The first-order chi connectivity index (χ1) is 16.0. The molecule has 0 aliphatic heterocycles. The van der Waals surface area contributed by atoms with Crippen molar-refractivity contribution in [1.29, 1.82) is 0 Å². The molecular formula is C23H18ClFN6O2. The van der Waals surface area contributed by atoms with Gasteiger partial charge in [0.25, 0.3) is 0 Å². The summed E-state index contributed by atoms with van der Waals surface area (Å²) in [5.74, 6) is 0.367. The van der Waals surface area contributed by atoms with Crippen LogP contribution in [-0.2, 0) is 0 Å². The summed E-state index contributed by atoms with van der Waals surface area (Å²) in [5, 5.41) is 14.2. The molecule has 0 atom stereocenters. The van der Waals surface area contributed by atoms with Crippen LogP contribution in [0.1, 0.15) is 24.7 Å². The molecule has 0 amide bonds. The minimum atomic E-state index is -0.544. The highest BCUT2D eigenvalue weighted by Gasteiger charge is 2.29. The Hall–Kier alpha value is -3.56. The van der Waals surface area contributed by atoms with Crippen LogP contribution in [0.4, 0.5) is 4.39 Å². The second-order valence-electron chi connectivity index (χ2n) is 8.18. The molecule has 3 heterocycles. The molecule has 0 saturated heterocycles. The zero-order valence-electron chi connectivity index (χ0n) is 17.5. The standard InChI is InChI=1S/C23H18ClFN6O2/c1-11-28-16-3-5-19(21(25)23(16)29-11)33-18-4-2-15-22(20(18)24)30-17(9-26-15)12-8-27-31(10-12)13-6-14(32)7-13/h2-5,8-10,13-14,32H,6-7H2,1H3,(H,28,29)/t13-,14+. The Morgan fingerprint density at radius 1 is 1.12 bits per heavy atom. The number of H-pyrrole nitrogens is 1. The smallest absolute Gasteiger partial charge is 0.191 e. The zero-order valence-corrected chi connectivity index (χ0v) is 18.2. The molecule has 2 aromatic carbocycles. The normalized spacial score (nSPS) is 18.1. The monoisotopic (exact) mass is 464 g/mol. The fourth-order valence-corrected chi connectivity index (χ4v) is 4.28. The molecule has 1 saturated carbocycles. The molecule has 1 fully saturated rings. The largest absolute Gasteiger partial charge is 0.453 e. The molecule has 1 aliphatic rings. The molecule has 166 valence electrons. The van der Waals surface area contributed by atoms with Gasteiger partial charge in [-0.05, 0) is 44.0 Å². The molecule has 8 nitrogen and oxygen atoms in total. The van der Waals surface area contributed by atoms with E-state index < -0.39 is 5.82 Å². The van der Waals surface area contributed by atoms with Crippen LogP contribution < -0.4 is 4.74 Å². The van der Waals surface area contributed by atoms with Crippen molar-refractivity contribution in [2.45, 2.75) is 31.9 Å². The zero-order chi connectivity index (χ0) is 22.7. The highest BCUT2D eigenvalue weighted by Crippen LogP contribution is 2.37. The van der Waals surface area contributed by atoms with Gasteiger partial charge in [-0.15, -0.1) is 0 Å². The summed E-state index contributed by atoms with van der Waals surface area (Å²) in [7, 11) is 0. The molecule has 1 aliphatic carbocycles. The molecular weight excluding hydrogens is 447 g/mol. The van der Waals surface area contributed by atoms with Gasteiger partial charge in [-0.25, -0.2) is 14.4 Å². The molecule has 3 aromatic heterocycles. The Morgan fingerprint density at radius 3 is 2.73 bits per heavy atom. The molecule has 10 heteroatoms. The number of ether oxygens (including phenoxy) is 1. The summed E-state index contributed by atoms with van der Waals surface area (Å²) in [5.41, 5.74) is 3.23. The van der Waals surface area contributed by atoms with E-state index in [0.717, 1.165) is 5.56 Å². The van der Waals surface area contributed by atoms with Crippen molar-refractivity contribution in [2.24, 2.45) is 0 Å². The summed E-state index contributed by atoms with van der Waals surface area (Å²) in [6.45, 7) is 1.76. The Labute approximate surface area is 192 Å². The van der Waals surface area contributed by atoms with Crippen molar-refractivity contribution >= 4 is 33.7 Å². The van der Waals surface area contributed by atoms with Crippen LogP contribution in [0.15, 0.2) is 42.9 Å². The summed E-state index contributed by atoms with van der Waals surface area (Å²) in [4.78, 5) is 16.3. The van der Waals surface area contributed by atoms with E-state index >= 15 is 0 Å². The lowest BCUT2D eigenvalue weighted by Crippen LogP contribution is -2.30. The number of nitrogens with one attached hydrogen (secondary N) is 1. The topological polar surface area (TPSA) is 102 Å². The lowest BCUT2D eigenvalue weighted by atomic mass is 9.90. The maximum Gasteiger partial charge on any atom is 0.191 e. The van der Waals surface area contributed by atoms with Crippen molar-refractivity contribution in [3.05, 3.63) is 59.5 Å². The van der Waals surface area contributed by atoms with Gasteiger partial charge in [-0.1, -0.05) is 11.6 Å². The number of aromatic amines is 1. The van der Waals surface area contributed by atoms with Gasteiger partial charge < -0.3 is 14.8 Å². The summed E-state index contributed by atoms with van der Waals surface area (Å²) in [6.07, 6.45) is 6.38. The van der Waals surface area contributed by atoms with Crippen LogP contribution in [0.25, 0.3) is 33.3 Å². The summed E-state index contributed by atoms with van der Waals surface area (Å²) >= 11 is 6.61. The second kappa shape index (κ2) is 7.50. The fraction of sp³-hybridized carbons (Fsp3) is 0.217. The van der Waals surface area contributed by atoms with E-state index in [9.17, 15) is 9.50 Å². The van der Waals surface area contributed by atoms with Crippen LogP contribution >= 0.6 is 11.6 Å². The minimum Gasteiger partial charge on any atom is -0.453 e. The van der Waals surface area contributed by atoms with Gasteiger partial charge in [-0.2, -0.15) is 5.10 Å². The number of benzene rings is 2. The lowest BCUT2D eigenvalue weighted by molar-refractivity contribution is 0.0434. The molecule has 5 aromatic rings. The number of imidazole rings is 1. The first kappa shape index (κ1) is 20.1. The van der Waals surface area contributed by atoms with Gasteiger partial charge >= 0.3 is 0 Å². The predicted octanol–water partition coefficient (Wildman–Crippen LogP) is 4.96. The maximum absolute atomic E-state index is 14.9. The Balaban J connectivity index is 1.35. The van der Waals surface area contributed by atoms with E-state index in [-0.39, 0.29) is 34.2 Å². The average Bonchev–Trinajstić information content (AvgIpc) is 3.42. The molecule has 0 unspecified atom stereocenters. The molecule has 0 bridgehead atoms. The minimum absolute atomic E-state index is 0.0282. The Bertz CT molecular complexity index is 1520. The fourth-order valence-electron chi connectivity index (χ4n) is 4.04. The SMILES string of the molecule is Cc1nc2ccc(Oc3ccc4ncc(-c5cnn([C@H]6C[C@@H](O)C6)c5)nc4c3Cl)c(F)c2[nH]1. The van der Waals surface area contributed by atoms with Crippen molar-refractivity contribution in [3.63, 3.8) is 0 Å². The Kier molecular flexibility index (Phi) is 4.56. The van der Waals surface area contributed by atoms with Crippen LogP contribution in [0.2, 0.25) is 5.02 Å². The third kappa shape index (κ3) is 3.40. The molecule has 2 N–H and O–H groups in total. The van der Waals surface area contributed by atoms with E-state index in [4.69, 9.17) is 16.3 Å². The number of hydrogen-bond acceptors (Lipinski definition) is 6. The number of hydrogen-bond donors (Lipinski definition) is 2. The van der Waals surface area contributed by atoms with Crippen molar-refractivity contribution in [2.75, 3.05) is 0 Å². The highest BCUT2D eigenvalue weighted by molar-refractivity contribution is 6.36. The van der Waals surface area contributed by atoms with E-state index in [1.807, 2.05) is 10.9 Å².